The summed E-state index contributed by atoms with van der Waals surface area (Å²) in [7, 11) is 0. The predicted octanol–water partition coefficient (Wildman–Crippen LogP) is 18.6. The molecule has 0 fully saturated rings. The fraction of sp³-hybridized carbons (Fsp3) is 0.842. The number of carbonyl (C=O) groups excluding carboxylic acids is 1. The Kier molecular flexibility index (Phi) is 53.0. The predicted molar refractivity (Wildman–Crippen MR) is 270 cm³/mol. The van der Waals surface area contributed by atoms with Crippen molar-refractivity contribution in [1.82, 2.24) is 0 Å². The minimum absolute atomic E-state index is 0.170. The summed E-state index contributed by atoms with van der Waals surface area (Å²) in [5.74, 6) is -0.196. The van der Waals surface area contributed by atoms with Crippen LogP contribution in [0.15, 0.2) is 48.6 Å². The van der Waals surface area contributed by atoms with Gasteiger partial charge in [0.1, 0.15) is 6.10 Å². The Balaban J connectivity index is 3.37. The first-order chi connectivity index (χ1) is 30.2. The molecule has 0 aliphatic heterocycles. The van der Waals surface area contributed by atoms with Gasteiger partial charge in [-0.1, -0.05) is 274 Å². The van der Waals surface area contributed by atoms with Crippen molar-refractivity contribution in [3.8, 4) is 0 Å². The van der Waals surface area contributed by atoms with E-state index in [0.717, 1.165) is 44.9 Å². The van der Waals surface area contributed by atoms with Gasteiger partial charge in [-0.2, -0.15) is 0 Å². The molecule has 0 aromatic rings. The number of esters is 1. The molecule has 4 nitrogen and oxygen atoms in total. The summed E-state index contributed by atoms with van der Waals surface area (Å²) in [6, 6.07) is 0. The van der Waals surface area contributed by atoms with Crippen LogP contribution in [0, 0.1) is 0 Å². The van der Waals surface area contributed by atoms with Gasteiger partial charge in [0.05, 0.1) is 13.2 Å². The van der Waals surface area contributed by atoms with Crippen molar-refractivity contribution >= 4 is 5.97 Å². The first-order valence-corrected chi connectivity index (χ1v) is 27.2. The van der Waals surface area contributed by atoms with Crippen molar-refractivity contribution in [2.24, 2.45) is 0 Å². The van der Waals surface area contributed by atoms with Gasteiger partial charge in [0.15, 0.2) is 0 Å². The minimum atomic E-state index is -0.536. The van der Waals surface area contributed by atoms with Gasteiger partial charge in [-0.15, -0.1) is 0 Å². The molecule has 61 heavy (non-hydrogen) atoms. The zero-order valence-corrected chi connectivity index (χ0v) is 41.2. The van der Waals surface area contributed by atoms with E-state index in [4.69, 9.17) is 9.47 Å². The first-order valence-electron chi connectivity index (χ1n) is 27.2. The largest absolute Gasteiger partial charge is 0.457 e. The minimum Gasteiger partial charge on any atom is -0.457 e. The number of hydrogen-bond acceptors (Lipinski definition) is 4. The summed E-state index contributed by atoms with van der Waals surface area (Å²) >= 11 is 0. The molecule has 1 unspecified atom stereocenters. The van der Waals surface area contributed by atoms with E-state index in [1.807, 2.05) is 0 Å². The average Bonchev–Trinajstić information content (AvgIpc) is 3.27. The van der Waals surface area contributed by atoms with Gasteiger partial charge < -0.3 is 14.6 Å². The van der Waals surface area contributed by atoms with Gasteiger partial charge in [0.2, 0.25) is 0 Å². The van der Waals surface area contributed by atoms with Crippen LogP contribution in [-0.4, -0.2) is 37.0 Å². The molecule has 1 atom stereocenters. The Morgan fingerprint density at radius 3 is 1.11 bits per heavy atom. The van der Waals surface area contributed by atoms with Crippen molar-refractivity contribution in [2.75, 3.05) is 19.8 Å². The zero-order valence-electron chi connectivity index (χ0n) is 41.2. The second-order valence-electron chi connectivity index (χ2n) is 18.3. The Hall–Kier alpha value is -1.65. The lowest BCUT2D eigenvalue weighted by atomic mass is 10.0. The van der Waals surface area contributed by atoms with Crippen molar-refractivity contribution in [3.63, 3.8) is 0 Å². The highest BCUT2D eigenvalue weighted by Gasteiger charge is 2.13. The maximum atomic E-state index is 12.3. The van der Waals surface area contributed by atoms with Crippen LogP contribution in [0.3, 0.4) is 0 Å². The van der Waals surface area contributed by atoms with Gasteiger partial charge in [0, 0.05) is 13.0 Å². The molecule has 0 saturated carbocycles. The first kappa shape index (κ1) is 59.4. The van der Waals surface area contributed by atoms with E-state index in [1.165, 1.54) is 218 Å². The molecule has 4 heteroatoms. The number of ether oxygens (including phenoxy) is 2. The highest BCUT2D eigenvalue weighted by Crippen LogP contribution is 2.17. The van der Waals surface area contributed by atoms with E-state index in [2.05, 4.69) is 62.5 Å². The van der Waals surface area contributed by atoms with Crippen LogP contribution in [0.1, 0.15) is 284 Å². The summed E-state index contributed by atoms with van der Waals surface area (Å²) in [6.07, 6.45) is 72.2. The molecular formula is C57H106O4. The third-order valence-electron chi connectivity index (χ3n) is 12.2. The molecule has 1 N–H and O–H groups in total. The fourth-order valence-electron chi connectivity index (χ4n) is 8.15. The summed E-state index contributed by atoms with van der Waals surface area (Å²) < 4.78 is 11.2. The molecule has 358 valence electrons. The Bertz CT molecular complexity index is 951. The Morgan fingerprint density at radius 2 is 0.738 bits per heavy atom. The van der Waals surface area contributed by atoms with Crippen LogP contribution in [-0.2, 0) is 14.3 Å². The second kappa shape index (κ2) is 54.5. The van der Waals surface area contributed by atoms with Gasteiger partial charge >= 0.3 is 5.97 Å². The molecule has 0 heterocycles. The van der Waals surface area contributed by atoms with Crippen molar-refractivity contribution in [1.29, 1.82) is 0 Å². The lowest BCUT2D eigenvalue weighted by Crippen LogP contribution is -2.27. The van der Waals surface area contributed by atoms with Crippen molar-refractivity contribution < 1.29 is 19.4 Å². The number of unbranched alkanes of at least 4 members (excludes halogenated alkanes) is 35. The Labute approximate surface area is 382 Å². The maximum Gasteiger partial charge on any atom is 0.306 e. The smallest absolute Gasteiger partial charge is 0.306 e. The number of allylic oxidation sites excluding steroid dienone is 8. The maximum absolute atomic E-state index is 12.3. The van der Waals surface area contributed by atoms with E-state index < -0.39 is 6.10 Å². The van der Waals surface area contributed by atoms with Crippen molar-refractivity contribution in [3.05, 3.63) is 48.6 Å². The lowest BCUT2D eigenvalue weighted by Gasteiger charge is -2.16. The van der Waals surface area contributed by atoms with Crippen LogP contribution in [0.5, 0.6) is 0 Å². The average molecular weight is 855 g/mol. The van der Waals surface area contributed by atoms with Crippen LogP contribution in [0.25, 0.3) is 0 Å². The molecule has 0 aliphatic carbocycles. The SMILES string of the molecule is CC/C=C\C/C=C\C/C=C\C/C=C\CCCCCCCCCCCCCOCC(CO)OC(=O)CCCCCCCCCCCCCCCCCCCCCCCCCCC. The summed E-state index contributed by atoms with van der Waals surface area (Å²) in [6.45, 7) is 5.27. The normalized spacial score (nSPS) is 12.6. The van der Waals surface area contributed by atoms with E-state index in [0.29, 0.717) is 19.6 Å². The third kappa shape index (κ3) is 52.6. The summed E-state index contributed by atoms with van der Waals surface area (Å²) in [4.78, 5) is 12.3. The third-order valence-corrected chi connectivity index (χ3v) is 12.2. The van der Waals surface area contributed by atoms with E-state index in [-0.39, 0.29) is 12.6 Å². The van der Waals surface area contributed by atoms with Crippen LogP contribution < -0.4 is 0 Å². The number of rotatable bonds is 51. The molecule has 0 amide bonds. The highest BCUT2D eigenvalue weighted by atomic mass is 16.6. The number of aliphatic hydroxyl groups is 1. The van der Waals surface area contributed by atoms with Crippen molar-refractivity contribution in [2.45, 2.75) is 290 Å². The lowest BCUT2D eigenvalue weighted by molar-refractivity contribution is -0.154. The van der Waals surface area contributed by atoms with E-state index in [1.54, 1.807) is 0 Å². The summed E-state index contributed by atoms with van der Waals surface area (Å²) in [5.41, 5.74) is 0. The number of aliphatic hydroxyl groups excluding tert-OH is 1. The molecule has 0 spiro atoms. The quantitative estimate of drug-likeness (QED) is 0.0376. The zero-order chi connectivity index (χ0) is 44.0. The molecule has 0 bridgehead atoms. The monoisotopic (exact) mass is 855 g/mol. The molecule has 0 rings (SSSR count). The Morgan fingerprint density at radius 1 is 0.410 bits per heavy atom. The molecule has 0 aromatic heterocycles. The molecule has 0 aliphatic rings. The molecule has 0 radical (unpaired) electrons. The topological polar surface area (TPSA) is 55.8 Å². The van der Waals surface area contributed by atoms with Gasteiger partial charge in [-0.05, 0) is 51.4 Å². The van der Waals surface area contributed by atoms with Gasteiger partial charge in [-0.3, -0.25) is 4.79 Å². The molecule has 0 saturated heterocycles. The van der Waals surface area contributed by atoms with Gasteiger partial charge in [-0.25, -0.2) is 0 Å². The standard InChI is InChI=1S/C57H106O4/c1-3-5-7-9-11-13-15-17-19-21-23-25-27-29-30-32-34-36-38-40-42-44-46-48-50-52-57(59)61-56(54-58)55-60-53-51-49-47-45-43-41-39-37-35-33-31-28-26-24-22-20-18-16-14-12-10-8-6-4-2/h6,8,12,14,18,20,24,26,56,58H,3-5,7,9-11,13,15-17,19,21-23,25,27-55H2,1-2H3/b8-6-,14-12-,20-18-,26-24-. The van der Waals surface area contributed by atoms with E-state index in [9.17, 15) is 9.90 Å². The molecule has 0 aromatic carbocycles. The van der Waals surface area contributed by atoms with E-state index >= 15 is 0 Å². The number of hydrogen-bond donors (Lipinski definition) is 1. The van der Waals surface area contributed by atoms with Crippen LogP contribution in [0.2, 0.25) is 0 Å². The molecular weight excluding hydrogens is 749 g/mol. The highest BCUT2D eigenvalue weighted by molar-refractivity contribution is 5.69. The van der Waals surface area contributed by atoms with Crippen LogP contribution >= 0.6 is 0 Å². The number of carbonyl (C=O) groups is 1. The second-order valence-corrected chi connectivity index (χ2v) is 18.3. The van der Waals surface area contributed by atoms with Gasteiger partial charge in [0.25, 0.3) is 0 Å². The fourth-order valence-corrected chi connectivity index (χ4v) is 8.15. The summed E-state index contributed by atoms with van der Waals surface area (Å²) in [5, 5.41) is 9.67. The van der Waals surface area contributed by atoms with Crippen LogP contribution in [0.4, 0.5) is 0 Å².